The normalized spacial score (nSPS) is 10.5. The minimum absolute atomic E-state index is 0.0123. The van der Waals surface area contributed by atoms with Crippen LogP contribution in [0.15, 0.2) is 48.5 Å². The average molecular weight is 335 g/mol. The summed E-state index contributed by atoms with van der Waals surface area (Å²) >= 11 is 0. The highest BCUT2D eigenvalue weighted by atomic mass is 19.3. The van der Waals surface area contributed by atoms with Crippen molar-refractivity contribution >= 4 is 11.9 Å². The summed E-state index contributed by atoms with van der Waals surface area (Å²) in [6, 6.07) is 12.0. The van der Waals surface area contributed by atoms with Crippen LogP contribution in [-0.4, -0.2) is 30.1 Å². The maximum absolute atomic E-state index is 12.3. The van der Waals surface area contributed by atoms with Gasteiger partial charge in [-0.15, -0.1) is 0 Å². The maximum Gasteiger partial charge on any atom is 0.387 e. The number of benzene rings is 2. The number of nitrogens with one attached hydrogen (secondary N) is 1. The number of rotatable bonds is 7. The monoisotopic (exact) mass is 335 g/mol. The smallest absolute Gasteiger partial charge is 0.387 e. The molecule has 0 bridgehead atoms. The summed E-state index contributed by atoms with van der Waals surface area (Å²) < 4.78 is 29.1. The Labute approximate surface area is 136 Å². The van der Waals surface area contributed by atoms with Crippen molar-refractivity contribution in [2.75, 3.05) is 6.54 Å². The summed E-state index contributed by atoms with van der Waals surface area (Å²) in [4.78, 5) is 22.9. The van der Waals surface area contributed by atoms with Gasteiger partial charge in [0.1, 0.15) is 5.75 Å². The van der Waals surface area contributed by atoms with Crippen molar-refractivity contribution in [3.05, 3.63) is 65.2 Å². The van der Waals surface area contributed by atoms with Crippen molar-refractivity contribution in [2.45, 2.75) is 13.0 Å². The van der Waals surface area contributed by atoms with E-state index in [0.29, 0.717) is 12.0 Å². The van der Waals surface area contributed by atoms with Crippen LogP contribution < -0.4 is 10.1 Å². The number of alkyl halides is 2. The molecule has 0 unspecified atom stereocenters. The standard InChI is InChI=1S/C17H15F2NO4/c18-17(19)24-14-7-2-1-4-11(14)8-9-20-15(21)12-5-3-6-13(10-12)16(22)23/h1-7,10,17H,8-9H2,(H,20,21)(H,22,23). The highest BCUT2D eigenvalue weighted by molar-refractivity contribution is 5.97. The van der Waals surface area contributed by atoms with E-state index in [2.05, 4.69) is 10.1 Å². The van der Waals surface area contributed by atoms with Crippen LogP contribution in [0.25, 0.3) is 0 Å². The fourth-order valence-corrected chi connectivity index (χ4v) is 2.13. The second-order valence-electron chi connectivity index (χ2n) is 4.88. The van der Waals surface area contributed by atoms with Gasteiger partial charge in [0.05, 0.1) is 5.56 Å². The summed E-state index contributed by atoms with van der Waals surface area (Å²) in [5.74, 6) is -1.50. The molecule has 2 N–H and O–H groups in total. The molecular formula is C17H15F2NO4. The van der Waals surface area contributed by atoms with Crippen molar-refractivity contribution in [1.82, 2.24) is 5.32 Å². The molecule has 0 atom stereocenters. The van der Waals surface area contributed by atoms with Gasteiger partial charge in [0.15, 0.2) is 0 Å². The maximum atomic E-state index is 12.3. The van der Waals surface area contributed by atoms with Crippen LogP contribution in [0.2, 0.25) is 0 Å². The van der Waals surface area contributed by atoms with Crippen molar-refractivity contribution in [3.63, 3.8) is 0 Å². The molecule has 24 heavy (non-hydrogen) atoms. The third kappa shape index (κ3) is 4.77. The van der Waals surface area contributed by atoms with E-state index >= 15 is 0 Å². The van der Waals surface area contributed by atoms with Gasteiger partial charge in [-0.3, -0.25) is 4.79 Å². The Balaban J connectivity index is 1.96. The minimum Gasteiger partial charge on any atom is -0.478 e. The number of para-hydroxylation sites is 1. The summed E-state index contributed by atoms with van der Waals surface area (Å²) in [5.41, 5.74) is 0.766. The second-order valence-corrected chi connectivity index (χ2v) is 4.88. The number of carbonyl (C=O) groups excluding carboxylic acids is 1. The number of halogens is 2. The Morgan fingerprint density at radius 1 is 1.08 bits per heavy atom. The highest BCUT2D eigenvalue weighted by Gasteiger charge is 2.11. The van der Waals surface area contributed by atoms with Crippen LogP contribution in [0, 0.1) is 0 Å². The molecule has 126 valence electrons. The van der Waals surface area contributed by atoms with Gasteiger partial charge in [0.25, 0.3) is 5.91 Å². The topological polar surface area (TPSA) is 75.6 Å². The summed E-state index contributed by atoms with van der Waals surface area (Å²) in [7, 11) is 0. The number of hydrogen-bond donors (Lipinski definition) is 2. The predicted octanol–water partition coefficient (Wildman–Crippen LogP) is 2.96. The Morgan fingerprint density at radius 3 is 2.50 bits per heavy atom. The molecule has 0 saturated carbocycles. The van der Waals surface area contributed by atoms with Crippen LogP contribution in [0.5, 0.6) is 5.75 Å². The largest absolute Gasteiger partial charge is 0.478 e. The molecule has 0 spiro atoms. The number of hydrogen-bond acceptors (Lipinski definition) is 3. The molecule has 0 aliphatic carbocycles. The summed E-state index contributed by atoms with van der Waals surface area (Å²) in [5, 5.41) is 11.5. The van der Waals surface area contributed by atoms with Gasteiger partial charge in [-0.2, -0.15) is 8.78 Å². The van der Waals surface area contributed by atoms with Gasteiger partial charge in [-0.1, -0.05) is 24.3 Å². The number of carboxylic acid groups (broad SMARTS) is 1. The molecule has 7 heteroatoms. The van der Waals surface area contributed by atoms with Crippen molar-refractivity contribution in [1.29, 1.82) is 0 Å². The van der Waals surface area contributed by atoms with Gasteiger partial charge in [-0.05, 0) is 36.2 Å². The van der Waals surface area contributed by atoms with Gasteiger partial charge in [-0.25, -0.2) is 4.79 Å². The molecular weight excluding hydrogens is 320 g/mol. The molecule has 0 aliphatic rings. The minimum atomic E-state index is -2.92. The Hall–Kier alpha value is -2.96. The number of amides is 1. The Morgan fingerprint density at radius 2 is 1.79 bits per heavy atom. The molecule has 0 heterocycles. The van der Waals surface area contributed by atoms with Crippen molar-refractivity contribution in [2.24, 2.45) is 0 Å². The molecule has 0 aromatic heterocycles. The number of ether oxygens (including phenoxy) is 1. The van der Waals surface area contributed by atoms with Crippen LogP contribution in [0.1, 0.15) is 26.3 Å². The quantitative estimate of drug-likeness (QED) is 0.816. The SMILES string of the molecule is O=C(O)c1cccc(C(=O)NCCc2ccccc2OC(F)F)c1. The van der Waals surface area contributed by atoms with Crippen LogP contribution in [0.3, 0.4) is 0 Å². The lowest BCUT2D eigenvalue weighted by Crippen LogP contribution is -2.26. The zero-order chi connectivity index (χ0) is 17.5. The molecule has 2 rings (SSSR count). The first-order valence-electron chi connectivity index (χ1n) is 7.11. The van der Waals surface area contributed by atoms with E-state index in [1.54, 1.807) is 18.2 Å². The van der Waals surface area contributed by atoms with Gasteiger partial charge in [0.2, 0.25) is 0 Å². The molecule has 2 aromatic rings. The molecule has 0 fully saturated rings. The molecule has 0 aliphatic heterocycles. The Kier molecular flexibility index (Phi) is 5.83. The number of carbonyl (C=O) groups is 2. The van der Waals surface area contributed by atoms with Gasteiger partial charge < -0.3 is 15.2 Å². The molecule has 5 nitrogen and oxygen atoms in total. The van der Waals surface area contributed by atoms with E-state index in [1.807, 2.05) is 0 Å². The second kappa shape index (κ2) is 8.05. The lowest BCUT2D eigenvalue weighted by atomic mass is 10.1. The fraction of sp³-hybridized carbons (Fsp3) is 0.176. The zero-order valence-corrected chi connectivity index (χ0v) is 12.5. The van der Waals surface area contributed by atoms with Crippen molar-refractivity contribution < 1.29 is 28.2 Å². The van der Waals surface area contributed by atoms with E-state index in [0.717, 1.165) is 0 Å². The predicted molar refractivity (Wildman–Crippen MR) is 82.5 cm³/mol. The average Bonchev–Trinajstić information content (AvgIpc) is 2.56. The number of carboxylic acids is 1. The van der Waals surface area contributed by atoms with E-state index in [4.69, 9.17) is 5.11 Å². The zero-order valence-electron chi connectivity index (χ0n) is 12.5. The van der Waals surface area contributed by atoms with Crippen LogP contribution in [0.4, 0.5) is 8.78 Å². The third-order valence-electron chi connectivity index (χ3n) is 3.24. The first kappa shape index (κ1) is 17.4. The number of aromatic carboxylic acids is 1. The highest BCUT2D eigenvalue weighted by Crippen LogP contribution is 2.20. The third-order valence-corrected chi connectivity index (χ3v) is 3.24. The van der Waals surface area contributed by atoms with Crippen LogP contribution in [-0.2, 0) is 6.42 Å². The van der Waals surface area contributed by atoms with Crippen molar-refractivity contribution in [3.8, 4) is 5.75 Å². The van der Waals surface area contributed by atoms with E-state index < -0.39 is 18.5 Å². The van der Waals surface area contributed by atoms with Gasteiger partial charge in [0, 0.05) is 12.1 Å². The molecule has 2 aromatic carbocycles. The Bertz CT molecular complexity index is 734. The first-order chi connectivity index (χ1) is 11.5. The molecule has 0 radical (unpaired) electrons. The van der Waals surface area contributed by atoms with E-state index in [-0.39, 0.29) is 23.4 Å². The molecule has 1 amide bonds. The van der Waals surface area contributed by atoms with E-state index in [9.17, 15) is 18.4 Å². The summed E-state index contributed by atoms with van der Waals surface area (Å²) in [6.45, 7) is -2.72. The summed E-state index contributed by atoms with van der Waals surface area (Å²) in [6.07, 6.45) is 0.299. The molecule has 0 saturated heterocycles. The lowest BCUT2D eigenvalue weighted by molar-refractivity contribution is -0.0504. The van der Waals surface area contributed by atoms with Gasteiger partial charge >= 0.3 is 12.6 Å². The first-order valence-corrected chi connectivity index (χ1v) is 7.11. The van der Waals surface area contributed by atoms with Crippen LogP contribution >= 0.6 is 0 Å². The van der Waals surface area contributed by atoms with E-state index in [1.165, 1.54) is 30.3 Å². The fourth-order valence-electron chi connectivity index (χ4n) is 2.13. The lowest BCUT2D eigenvalue weighted by Gasteiger charge is -2.11.